The van der Waals surface area contributed by atoms with Crippen LogP contribution in [-0.2, 0) is 4.79 Å². The summed E-state index contributed by atoms with van der Waals surface area (Å²) >= 11 is 1.39. The highest BCUT2D eigenvalue weighted by Crippen LogP contribution is 2.41. The van der Waals surface area contributed by atoms with Crippen LogP contribution in [0.1, 0.15) is 24.4 Å². The number of nitrogens with one attached hydrogen (secondary N) is 1. The summed E-state index contributed by atoms with van der Waals surface area (Å²) in [7, 11) is 1.59. The molecule has 28 heavy (non-hydrogen) atoms. The first-order valence-electron chi connectivity index (χ1n) is 9.08. The monoisotopic (exact) mass is 395 g/mol. The topological polar surface area (TPSA) is 81.9 Å². The number of methoxy groups -OCH3 is 1. The molecule has 2 heterocycles. The summed E-state index contributed by atoms with van der Waals surface area (Å²) in [5.41, 5.74) is 2.66. The second-order valence-corrected chi connectivity index (χ2v) is 7.63. The van der Waals surface area contributed by atoms with Gasteiger partial charge in [-0.1, -0.05) is 17.8 Å². The molecule has 0 bridgehead atoms. The molecule has 1 saturated carbocycles. The number of hydrogen-bond donors (Lipinski definition) is 1. The molecule has 1 N–H and O–H groups in total. The van der Waals surface area contributed by atoms with E-state index in [0.29, 0.717) is 17.5 Å². The second-order valence-electron chi connectivity index (χ2n) is 6.69. The number of carbonyl (C=O) groups excluding carboxylic acids is 1. The normalized spacial score (nSPS) is 13.4. The van der Waals surface area contributed by atoms with Gasteiger partial charge in [0, 0.05) is 24.0 Å². The zero-order chi connectivity index (χ0) is 19.5. The van der Waals surface area contributed by atoms with E-state index in [-0.39, 0.29) is 11.7 Å². The molecular weight excluding hydrogens is 374 g/mol. The second kappa shape index (κ2) is 8.02. The molecule has 0 radical (unpaired) electrons. The molecule has 4 rings (SSSR count). The van der Waals surface area contributed by atoms with Crippen LogP contribution in [0, 0.1) is 6.92 Å². The van der Waals surface area contributed by atoms with Crippen LogP contribution >= 0.6 is 11.8 Å². The van der Waals surface area contributed by atoms with Gasteiger partial charge in [-0.2, -0.15) is 0 Å². The summed E-state index contributed by atoms with van der Waals surface area (Å²) in [6.07, 6.45) is 5.73. The Kier molecular flexibility index (Phi) is 5.29. The Labute approximate surface area is 167 Å². The highest BCUT2D eigenvalue weighted by atomic mass is 32.2. The number of aryl methyl sites for hydroxylation is 1. The smallest absolute Gasteiger partial charge is 0.234 e. The van der Waals surface area contributed by atoms with E-state index in [1.165, 1.54) is 11.8 Å². The lowest BCUT2D eigenvalue weighted by molar-refractivity contribution is -0.113. The van der Waals surface area contributed by atoms with E-state index < -0.39 is 0 Å². The molecule has 7 nitrogen and oxygen atoms in total. The molecule has 1 amide bonds. The molecule has 0 saturated heterocycles. The summed E-state index contributed by atoms with van der Waals surface area (Å²) in [6.45, 7) is 1.97. The molecule has 0 aliphatic heterocycles. The van der Waals surface area contributed by atoms with Crippen LogP contribution in [0.15, 0.2) is 47.9 Å². The first kappa shape index (κ1) is 18.5. The van der Waals surface area contributed by atoms with Crippen molar-refractivity contribution in [3.8, 4) is 17.1 Å². The average molecular weight is 395 g/mol. The minimum Gasteiger partial charge on any atom is -0.495 e. The molecule has 144 valence electrons. The Morgan fingerprint density at radius 3 is 2.89 bits per heavy atom. The lowest BCUT2D eigenvalue weighted by Crippen LogP contribution is -2.15. The standard InChI is InChI=1S/C20H21N5O2S/c1-13-5-8-17(27-2)16(10-13)22-18(26)12-28-20-24-23-19(25(20)15-6-7-15)14-4-3-9-21-11-14/h3-5,8-11,15H,6-7,12H2,1-2H3,(H,22,26). The molecule has 2 aromatic heterocycles. The predicted molar refractivity (Wildman–Crippen MR) is 109 cm³/mol. The Bertz CT molecular complexity index is 986. The van der Waals surface area contributed by atoms with Gasteiger partial charge < -0.3 is 10.1 Å². The minimum absolute atomic E-state index is 0.109. The average Bonchev–Trinajstić information content (AvgIpc) is 3.46. The van der Waals surface area contributed by atoms with E-state index in [0.717, 1.165) is 34.9 Å². The van der Waals surface area contributed by atoms with Gasteiger partial charge in [0.2, 0.25) is 5.91 Å². The van der Waals surface area contributed by atoms with Gasteiger partial charge in [-0.25, -0.2) is 0 Å². The number of anilines is 1. The summed E-state index contributed by atoms with van der Waals surface area (Å²) in [4.78, 5) is 16.7. The Hall–Kier alpha value is -2.87. The molecule has 8 heteroatoms. The SMILES string of the molecule is COc1ccc(C)cc1NC(=O)CSc1nnc(-c2cccnc2)n1C1CC1. The third kappa shape index (κ3) is 4.01. The minimum atomic E-state index is -0.109. The number of ether oxygens (including phenoxy) is 1. The first-order valence-corrected chi connectivity index (χ1v) is 10.1. The van der Waals surface area contributed by atoms with Crippen molar-refractivity contribution in [3.63, 3.8) is 0 Å². The van der Waals surface area contributed by atoms with Gasteiger partial charge in [-0.05, 0) is 49.6 Å². The Morgan fingerprint density at radius 1 is 1.32 bits per heavy atom. The molecule has 0 unspecified atom stereocenters. The number of benzene rings is 1. The van der Waals surface area contributed by atoms with Crippen LogP contribution in [0.4, 0.5) is 5.69 Å². The highest BCUT2D eigenvalue weighted by molar-refractivity contribution is 7.99. The van der Waals surface area contributed by atoms with E-state index in [2.05, 4.69) is 25.1 Å². The number of rotatable bonds is 7. The van der Waals surface area contributed by atoms with E-state index in [4.69, 9.17) is 4.74 Å². The third-order valence-corrected chi connectivity index (χ3v) is 5.40. The highest BCUT2D eigenvalue weighted by Gasteiger charge is 2.30. The number of pyridine rings is 1. The maximum Gasteiger partial charge on any atom is 0.234 e. The van der Waals surface area contributed by atoms with Crippen molar-refractivity contribution < 1.29 is 9.53 Å². The van der Waals surface area contributed by atoms with Gasteiger partial charge in [0.1, 0.15) is 5.75 Å². The molecule has 0 atom stereocenters. The summed E-state index contributed by atoms with van der Waals surface area (Å²) in [6, 6.07) is 9.95. The fraction of sp³-hybridized carbons (Fsp3) is 0.300. The quantitative estimate of drug-likeness (QED) is 0.614. The van der Waals surface area contributed by atoms with E-state index in [1.54, 1.807) is 19.5 Å². The van der Waals surface area contributed by atoms with E-state index in [1.807, 2.05) is 37.3 Å². The first-order chi connectivity index (χ1) is 13.7. The van der Waals surface area contributed by atoms with Gasteiger partial charge in [0.25, 0.3) is 0 Å². The van der Waals surface area contributed by atoms with Gasteiger partial charge in [-0.3, -0.25) is 14.3 Å². The molecule has 0 spiro atoms. The summed E-state index contributed by atoms with van der Waals surface area (Å²) in [5, 5.41) is 12.4. The number of aromatic nitrogens is 4. The van der Waals surface area contributed by atoms with Crippen molar-refractivity contribution in [3.05, 3.63) is 48.3 Å². The van der Waals surface area contributed by atoms with Gasteiger partial charge >= 0.3 is 0 Å². The number of thioether (sulfide) groups is 1. The van der Waals surface area contributed by atoms with Crippen LogP contribution in [-0.4, -0.2) is 38.5 Å². The fourth-order valence-electron chi connectivity index (χ4n) is 2.97. The zero-order valence-corrected chi connectivity index (χ0v) is 16.6. The summed E-state index contributed by atoms with van der Waals surface area (Å²) < 4.78 is 7.45. The van der Waals surface area contributed by atoms with Crippen molar-refractivity contribution in [1.29, 1.82) is 0 Å². The van der Waals surface area contributed by atoms with Crippen LogP contribution in [0.5, 0.6) is 5.75 Å². The maximum atomic E-state index is 12.5. The van der Waals surface area contributed by atoms with Gasteiger partial charge in [0.15, 0.2) is 11.0 Å². The van der Waals surface area contributed by atoms with Crippen LogP contribution in [0.25, 0.3) is 11.4 Å². The number of nitrogens with zero attached hydrogens (tertiary/aromatic N) is 4. The largest absolute Gasteiger partial charge is 0.495 e. The molecule has 1 aliphatic rings. The lowest BCUT2D eigenvalue weighted by atomic mass is 10.2. The van der Waals surface area contributed by atoms with Crippen LogP contribution < -0.4 is 10.1 Å². The van der Waals surface area contributed by atoms with Crippen molar-refractivity contribution in [1.82, 2.24) is 19.7 Å². The van der Waals surface area contributed by atoms with Crippen LogP contribution in [0.2, 0.25) is 0 Å². The third-order valence-electron chi connectivity index (χ3n) is 4.46. The number of carbonyl (C=O) groups is 1. The maximum absolute atomic E-state index is 12.5. The Balaban J connectivity index is 1.48. The van der Waals surface area contributed by atoms with Crippen molar-refractivity contribution in [2.45, 2.75) is 31.0 Å². The molecule has 1 aromatic carbocycles. The predicted octanol–water partition coefficient (Wildman–Crippen LogP) is 3.72. The van der Waals surface area contributed by atoms with Gasteiger partial charge in [-0.15, -0.1) is 10.2 Å². The van der Waals surface area contributed by atoms with Crippen LogP contribution in [0.3, 0.4) is 0 Å². The molecule has 3 aromatic rings. The van der Waals surface area contributed by atoms with Gasteiger partial charge in [0.05, 0.1) is 18.6 Å². The number of hydrogen-bond acceptors (Lipinski definition) is 6. The van der Waals surface area contributed by atoms with Crippen molar-refractivity contribution >= 4 is 23.4 Å². The zero-order valence-electron chi connectivity index (χ0n) is 15.8. The number of amides is 1. The van der Waals surface area contributed by atoms with Crippen molar-refractivity contribution in [2.24, 2.45) is 0 Å². The molecule has 1 aliphatic carbocycles. The molecular formula is C20H21N5O2S. The molecule has 1 fully saturated rings. The van der Waals surface area contributed by atoms with E-state index >= 15 is 0 Å². The summed E-state index contributed by atoms with van der Waals surface area (Å²) in [5.74, 6) is 1.58. The van der Waals surface area contributed by atoms with E-state index in [9.17, 15) is 4.79 Å². The lowest BCUT2D eigenvalue weighted by Gasteiger charge is -2.11. The fourth-order valence-corrected chi connectivity index (χ4v) is 3.77. The van der Waals surface area contributed by atoms with Crippen molar-refractivity contribution in [2.75, 3.05) is 18.2 Å². The Morgan fingerprint density at radius 2 is 2.18 bits per heavy atom.